The SMILES string of the molecule is CC(C)(C)OC(=O)N1CCOCC1CNC1CCS(=O)(=O)C1. The van der Waals surface area contributed by atoms with Gasteiger partial charge in [-0.2, -0.15) is 0 Å². The van der Waals surface area contributed by atoms with E-state index in [4.69, 9.17) is 9.47 Å². The molecule has 1 amide bonds. The maximum absolute atomic E-state index is 12.2. The molecule has 2 rings (SSSR count). The van der Waals surface area contributed by atoms with Crippen LogP contribution >= 0.6 is 0 Å². The van der Waals surface area contributed by atoms with Crippen LogP contribution < -0.4 is 5.32 Å². The molecule has 8 heteroatoms. The first-order chi connectivity index (χ1) is 10.2. The smallest absolute Gasteiger partial charge is 0.410 e. The van der Waals surface area contributed by atoms with Crippen molar-refractivity contribution in [3.8, 4) is 0 Å². The molecule has 0 saturated carbocycles. The molecule has 2 fully saturated rings. The van der Waals surface area contributed by atoms with Crippen molar-refractivity contribution in [1.82, 2.24) is 10.2 Å². The highest BCUT2D eigenvalue weighted by Gasteiger charge is 2.33. The first kappa shape index (κ1) is 17.5. The van der Waals surface area contributed by atoms with Crippen LogP contribution in [0, 0.1) is 0 Å². The Hall–Kier alpha value is -0.860. The Bertz CT molecular complexity index is 500. The summed E-state index contributed by atoms with van der Waals surface area (Å²) in [6, 6.07) is -0.167. The minimum Gasteiger partial charge on any atom is -0.444 e. The van der Waals surface area contributed by atoms with Crippen LogP contribution in [0.5, 0.6) is 0 Å². The van der Waals surface area contributed by atoms with Crippen LogP contribution in [-0.4, -0.2) is 74.9 Å². The van der Waals surface area contributed by atoms with Crippen LogP contribution in [0.4, 0.5) is 4.79 Å². The van der Waals surface area contributed by atoms with Crippen molar-refractivity contribution in [3.05, 3.63) is 0 Å². The molecule has 22 heavy (non-hydrogen) atoms. The van der Waals surface area contributed by atoms with Crippen molar-refractivity contribution < 1.29 is 22.7 Å². The lowest BCUT2D eigenvalue weighted by Crippen LogP contribution is -2.55. The van der Waals surface area contributed by atoms with E-state index in [0.29, 0.717) is 32.7 Å². The number of nitrogens with zero attached hydrogens (tertiary/aromatic N) is 1. The summed E-state index contributed by atoms with van der Waals surface area (Å²) in [7, 11) is -2.90. The highest BCUT2D eigenvalue weighted by Crippen LogP contribution is 2.16. The number of ether oxygens (including phenoxy) is 2. The maximum atomic E-state index is 12.2. The summed E-state index contributed by atoms with van der Waals surface area (Å²) < 4.78 is 33.8. The average molecular weight is 334 g/mol. The number of nitrogens with one attached hydrogen (secondary N) is 1. The quantitative estimate of drug-likeness (QED) is 0.804. The van der Waals surface area contributed by atoms with Gasteiger partial charge in [-0.3, -0.25) is 4.90 Å². The fourth-order valence-electron chi connectivity index (χ4n) is 2.64. The van der Waals surface area contributed by atoms with Gasteiger partial charge in [0.25, 0.3) is 0 Å². The number of hydrogen-bond donors (Lipinski definition) is 1. The molecule has 2 saturated heterocycles. The normalized spacial score (nSPS) is 28.6. The second kappa shape index (κ2) is 6.72. The summed E-state index contributed by atoms with van der Waals surface area (Å²) in [6.07, 6.45) is 0.282. The second-order valence-electron chi connectivity index (χ2n) is 6.91. The molecule has 2 unspecified atom stereocenters. The molecule has 2 aliphatic rings. The zero-order valence-corrected chi connectivity index (χ0v) is 14.3. The zero-order valence-electron chi connectivity index (χ0n) is 13.5. The lowest BCUT2D eigenvalue weighted by Gasteiger charge is -2.37. The largest absolute Gasteiger partial charge is 0.444 e. The third-order valence-corrected chi connectivity index (χ3v) is 5.50. The zero-order chi connectivity index (χ0) is 16.4. The second-order valence-corrected chi connectivity index (χ2v) is 9.14. The molecule has 0 radical (unpaired) electrons. The van der Waals surface area contributed by atoms with Gasteiger partial charge in [0.2, 0.25) is 0 Å². The predicted molar refractivity (Wildman–Crippen MR) is 82.6 cm³/mol. The van der Waals surface area contributed by atoms with E-state index in [2.05, 4.69) is 5.32 Å². The highest BCUT2D eigenvalue weighted by atomic mass is 32.2. The average Bonchev–Trinajstić information content (AvgIpc) is 2.74. The first-order valence-electron chi connectivity index (χ1n) is 7.67. The molecule has 128 valence electrons. The Morgan fingerprint density at radius 2 is 2.14 bits per heavy atom. The third-order valence-electron chi connectivity index (χ3n) is 3.73. The molecule has 2 atom stereocenters. The van der Waals surface area contributed by atoms with Gasteiger partial charge in [-0.1, -0.05) is 0 Å². The van der Waals surface area contributed by atoms with Gasteiger partial charge in [-0.05, 0) is 27.2 Å². The monoisotopic (exact) mass is 334 g/mol. The Morgan fingerprint density at radius 3 is 2.73 bits per heavy atom. The minimum absolute atomic E-state index is 0.0348. The topological polar surface area (TPSA) is 84.9 Å². The molecule has 2 aliphatic heterocycles. The van der Waals surface area contributed by atoms with Crippen molar-refractivity contribution >= 4 is 15.9 Å². The van der Waals surface area contributed by atoms with Crippen LogP contribution in [0.1, 0.15) is 27.2 Å². The molecule has 0 aromatic carbocycles. The molecule has 2 heterocycles. The fourth-order valence-corrected chi connectivity index (χ4v) is 4.35. The van der Waals surface area contributed by atoms with Gasteiger partial charge in [0.05, 0.1) is 30.8 Å². The number of amides is 1. The maximum Gasteiger partial charge on any atom is 0.410 e. The van der Waals surface area contributed by atoms with Gasteiger partial charge in [-0.15, -0.1) is 0 Å². The van der Waals surface area contributed by atoms with Crippen LogP contribution in [0.3, 0.4) is 0 Å². The predicted octanol–water partition coefficient (Wildman–Crippen LogP) is 0.399. The number of morpholine rings is 1. The standard InChI is InChI=1S/C14H26N2O5S/c1-14(2,3)21-13(17)16-5-6-20-9-12(16)8-15-11-4-7-22(18,19)10-11/h11-12,15H,4-10H2,1-3H3. The van der Waals surface area contributed by atoms with Gasteiger partial charge in [0, 0.05) is 19.1 Å². The number of rotatable bonds is 3. The molecule has 0 aromatic heterocycles. The van der Waals surface area contributed by atoms with Crippen molar-refractivity contribution in [1.29, 1.82) is 0 Å². The number of sulfone groups is 1. The first-order valence-corrected chi connectivity index (χ1v) is 9.50. The van der Waals surface area contributed by atoms with Crippen LogP contribution in [0.2, 0.25) is 0 Å². The molecule has 1 N–H and O–H groups in total. The lowest BCUT2D eigenvalue weighted by molar-refractivity contribution is -0.0320. The number of hydrogen-bond acceptors (Lipinski definition) is 6. The molecule has 0 aromatic rings. The van der Waals surface area contributed by atoms with E-state index in [9.17, 15) is 13.2 Å². The highest BCUT2D eigenvalue weighted by molar-refractivity contribution is 7.91. The van der Waals surface area contributed by atoms with Crippen LogP contribution in [0.25, 0.3) is 0 Å². The van der Waals surface area contributed by atoms with E-state index in [0.717, 1.165) is 0 Å². The van der Waals surface area contributed by atoms with Crippen molar-refractivity contribution in [2.75, 3.05) is 37.8 Å². The summed E-state index contributed by atoms with van der Waals surface area (Å²) in [6.45, 7) is 7.44. The number of carbonyl (C=O) groups excluding carboxylic acids is 1. The molecule has 0 bridgehead atoms. The Balaban J connectivity index is 1.88. The molecular formula is C14H26N2O5S. The van der Waals surface area contributed by atoms with Crippen LogP contribution in [-0.2, 0) is 19.3 Å². The molecule has 0 spiro atoms. The summed E-state index contributed by atoms with van der Waals surface area (Å²) in [5.41, 5.74) is -0.535. The Kier molecular flexibility index (Phi) is 5.34. The summed E-state index contributed by atoms with van der Waals surface area (Å²) in [5.74, 6) is 0.411. The van der Waals surface area contributed by atoms with E-state index in [-0.39, 0.29) is 29.7 Å². The lowest BCUT2D eigenvalue weighted by atomic mass is 10.2. The molecule has 7 nitrogen and oxygen atoms in total. The van der Waals surface area contributed by atoms with E-state index in [1.165, 1.54) is 0 Å². The summed E-state index contributed by atoms with van der Waals surface area (Å²) >= 11 is 0. The Labute approximate surface area is 132 Å². The minimum atomic E-state index is -2.90. The van der Waals surface area contributed by atoms with Gasteiger partial charge in [0.1, 0.15) is 5.60 Å². The molecular weight excluding hydrogens is 308 g/mol. The van der Waals surface area contributed by atoms with Gasteiger partial charge >= 0.3 is 6.09 Å². The summed E-state index contributed by atoms with van der Waals surface area (Å²) in [5, 5.41) is 3.25. The van der Waals surface area contributed by atoms with E-state index >= 15 is 0 Å². The van der Waals surface area contributed by atoms with Gasteiger partial charge in [-0.25, -0.2) is 13.2 Å². The van der Waals surface area contributed by atoms with E-state index in [1.54, 1.807) is 4.90 Å². The van der Waals surface area contributed by atoms with Crippen molar-refractivity contribution in [3.63, 3.8) is 0 Å². The van der Waals surface area contributed by atoms with Gasteiger partial charge < -0.3 is 14.8 Å². The molecule has 0 aliphatic carbocycles. The van der Waals surface area contributed by atoms with E-state index < -0.39 is 15.4 Å². The van der Waals surface area contributed by atoms with Crippen LogP contribution in [0.15, 0.2) is 0 Å². The Morgan fingerprint density at radius 1 is 1.41 bits per heavy atom. The van der Waals surface area contributed by atoms with Gasteiger partial charge in [0.15, 0.2) is 9.84 Å². The van der Waals surface area contributed by atoms with Crippen molar-refractivity contribution in [2.24, 2.45) is 0 Å². The summed E-state index contributed by atoms with van der Waals surface area (Å²) in [4.78, 5) is 13.9. The number of carbonyl (C=O) groups is 1. The van der Waals surface area contributed by atoms with Crippen molar-refractivity contribution in [2.45, 2.75) is 44.9 Å². The fraction of sp³-hybridized carbons (Fsp3) is 0.929. The third kappa shape index (κ3) is 5.10. The van der Waals surface area contributed by atoms with E-state index in [1.807, 2.05) is 20.8 Å².